The Bertz CT molecular complexity index is 506. The molecule has 0 spiro atoms. The van der Waals surface area contributed by atoms with E-state index in [0.29, 0.717) is 24.7 Å². The first-order valence-electron chi connectivity index (χ1n) is 9.21. The Hall–Kier alpha value is -0.440. The molecule has 0 radical (unpaired) electrons. The molecule has 0 aromatic rings. The van der Waals surface area contributed by atoms with E-state index >= 15 is 4.39 Å². The molecule has 0 aromatic heterocycles. The van der Waals surface area contributed by atoms with Crippen LogP contribution in [0, 0.1) is 28.6 Å². The minimum atomic E-state index is -1.27. The zero-order chi connectivity index (χ0) is 15.8. The molecule has 7 atom stereocenters. The highest BCUT2D eigenvalue weighted by atomic mass is 19.1. The van der Waals surface area contributed by atoms with E-state index in [1.54, 1.807) is 0 Å². The molecule has 4 rings (SSSR count). The number of carbonyl (C=O) groups is 1. The topological polar surface area (TPSA) is 37.3 Å². The first kappa shape index (κ1) is 15.1. The van der Waals surface area contributed by atoms with Crippen LogP contribution in [0.15, 0.2) is 0 Å². The predicted molar refractivity (Wildman–Crippen MR) is 83.1 cm³/mol. The third-order valence-corrected chi connectivity index (χ3v) is 8.46. The summed E-state index contributed by atoms with van der Waals surface area (Å²) >= 11 is 0. The Balaban J connectivity index is 1.69. The highest BCUT2D eigenvalue weighted by molar-refractivity contribution is 5.88. The number of Topliss-reactive ketones (excluding diaryl/α,β-unsaturated/α-hetero) is 1. The van der Waals surface area contributed by atoms with Crippen LogP contribution in [0.4, 0.5) is 4.39 Å². The molecule has 2 nitrogen and oxygen atoms in total. The monoisotopic (exact) mass is 308 g/mol. The van der Waals surface area contributed by atoms with Gasteiger partial charge in [-0.2, -0.15) is 0 Å². The summed E-state index contributed by atoms with van der Waals surface area (Å²) in [5.41, 5.74) is -1.81. The van der Waals surface area contributed by atoms with Crippen LogP contribution in [-0.4, -0.2) is 22.7 Å². The lowest BCUT2D eigenvalue weighted by Crippen LogP contribution is -2.60. The summed E-state index contributed by atoms with van der Waals surface area (Å²) in [5, 5.41) is 10.0. The van der Waals surface area contributed by atoms with Crippen molar-refractivity contribution in [3.8, 4) is 0 Å². The fourth-order valence-corrected chi connectivity index (χ4v) is 6.92. The van der Waals surface area contributed by atoms with Gasteiger partial charge in [0, 0.05) is 6.42 Å². The van der Waals surface area contributed by atoms with E-state index in [2.05, 4.69) is 6.92 Å². The average Bonchev–Trinajstić information content (AvgIpc) is 2.72. The number of alkyl halides is 1. The number of halogens is 1. The summed E-state index contributed by atoms with van der Waals surface area (Å²) in [6.07, 6.45) is 7.21. The van der Waals surface area contributed by atoms with E-state index in [4.69, 9.17) is 0 Å². The number of aliphatic hydroxyl groups excluding tert-OH is 1. The van der Waals surface area contributed by atoms with E-state index < -0.39 is 11.1 Å². The number of fused-ring (bicyclic) bond motifs is 5. The van der Waals surface area contributed by atoms with E-state index in [9.17, 15) is 9.90 Å². The summed E-state index contributed by atoms with van der Waals surface area (Å²) in [4.78, 5) is 12.3. The third-order valence-electron chi connectivity index (χ3n) is 8.46. The lowest BCUT2D eigenvalue weighted by molar-refractivity contribution is -0.174. The maximum absolute atomic E-state index is 16.1. The van der Waals surface area contributed by atoms with Crippen molar-refractivity contribution in [1.29, 1.82) is 0 Å². The molecule has 4 fully saturated rings. The lowest BCUT2D eigenvalue weighted by atomic mass is 9.44. The van der Waals surface area contributed by atoms with Gasteiger partial charge in [0.2, 0.25) is 0 Å². The molecule has 0 bridgehead atoms. The molecule has 3 heteroatoms. The molecular formula is C19H29FO2. The van der Waals surface area contributed by atoms with Crippen molar-refractivity contribution in [3.05, 3.63) is 0 Å². The second kappa shape index (κ2) is 4.55. The molecule has 0 saturated heterocycles. The summed E-state index contributed by atoms with van der Waals surface area (Å²) in [5.74, 6) is 1.18. The smallest absolute Gasteiger partial charge is 0.142 e. The van der Waals surface area contributed by atoms with Gasteiger partial charge in [0.1, 0.15) is 11.5 Å². The van der Waals surface area contributed by atoms with Crippen LogP contribution in [0.5, 0.6) is 0 Å². The molecule has 4 aliphatic carbocycles. The number of hydrogen-bond acceptors (Lipinski definition) is 2. The van der Waals surface area contributed by atoms with Crippen molar-refractivity contribution in [3.63, 3.8) is 0 Å². The van der Waals surface area contributed by atoms with Gasteiger partial charge in [-0.3, -0.25) is 4.79 Å². The van der Waals surface area contributed by atoms with Crippen molar-refractivity contribution in [2.75, 3.05) is 0 Å². The Morgan fingerprint density at radius 2 is 1.82 bits per heavy atom. The average molecular weight is 308 g/mol. The van der Waals surface area contributed by atoms with E-state index in [1.165, 1.54) is 0 Å². The van der Waals surface area contributed by atoms with Crippen LogP contribution in [-0.2, 0) is 4.79 Å². The van der Waals surface area contributed by atoms with Gasteiger partial charge in [-0.05, 0) is 81.5 Å². The summed E-state index contributed by atoms with van der Waals surface area (Å²) in [7, 11) is 0. The SMILES string of the molecule is C[C@]12CC[C@H](O)C[C@@H]1CC[C@@H]1[C@@H]2CC[C@]2(C)C(=O)CC[C@@]12F. The maximum Gasteiger partial charge on any atom is 0.142 e. The van der Waals surface area contributed by atoms with Gasteiger partial charge in [-0.15, -0.1) is 0 Å². The van der Waals surface area contributed by atoms with Gasteiger partial charge >= 0.3 is 0 Å². The molecule has 4 saturated carbocycles. The largest absolute Gasteiger partial charge is 0.393 e. The number of ketones is 1. The zero-order valence-corrected chi connectivity index (χ0v) is 13.9. The predicted octanol–water partition coefficient (Wildman–Crippen LogP) is 4.05. The number of rotatable bonds is 0. The zero-order valence-electron chi connectivity index (χ0n) is 13.9. The standard InChI is InChI=1S/C19H29FO2/c1-17-8-5-13(21)11-12(17)3-4-15-14(17)6-9-18(2)16(22)7-10-19(15,18)20/h12-15,21H,3-11H2,1-2H3/t12-,13-,14-,15+,17-,18+,19+/m0/s1. The molecule has 0 unspecified atom stereocenters. The molecule has 0 aromatic carbocycles. The van der Waals surface area contributed by atoms with Gasteiger partial charge in [-0.25, -0.2) is 4.39 Å². The normalized spacial score (nSPS) is 57.9. The lowest BCUT2D eigenvalue weighted by Gasteiger charge is -2.61. The van der Waals surface area contributed by atoms with E-state index in [0.717, 1.165) is 44.9 Å². The molecule has 22 heavy (non-hydrogen) atoms. The third kappa shape index (κ3) is 1.67. The van der Waals surface area contributed by atoms with Crippen molar-refractivity contribution >= 4 is 5.78 Å². The quantitative estimate of drug-likeness (QED) is 0.733. The molecule has 0 heterocycles. The molecule has 0 amide bonds. The second-order valence-corrected chi connectivity index (χ2v) is 9.08. The first-order chi connectivity index (χ1) is 10.3. The van der Waals surface area contributed by atoms with Gasteiger partial charge in [0.25, 0.3) is 0 Å². The van der Waals surface area contributed by atoms with Crippen LogP contribution in [0.3, 0.4) is 0 Å². The van der Waals surface area contributed by atoms with E-state index in [1.807, 2.05) is 6.92 Å². The van der Waals surface area contributed by atoms with Crippen LogP contribution in [0.1, 0.15) is 71.6 Å². The van der Waals surface area contributed by atoms with Gasteiger partial charge in [-0.1, -0.05) is 6.92 Å². The van der Waals surface area contributed by atoms with Crippen LogP contribution >= 0.6 is 0 Å². The minimum Gasteiger partial charge on any atom is -0.393 e. The fourth-order valence-electron chi connectivity index (χ4n) is 6.92. The fraction of sp³-hybridized carbons (Fsp3) is 0.947. The Labute approximate surface area is 132 Å². The van der Waals surface area contributed by atoms with Crippen LogP contribution < -0.4 is 0 Å². The summed E-state index contributed by atoms with van der Waals surface area (Å²) in [6.45, 7) is 4.25. The summed E-state index contributed by atoms with van der Waals surface area (Å²) in [6, 6.07) is 0. The second-order valence-electron chi connectivity index (χ2n) is 9.08. The molecule has 0 aliphatic heterocycles. The van der Waals surface area contributed by atoms with Crippen LogP contribution in [0.25, 0.3) is 0 Å². The van der Waals surface area contributed by atoms with Gasteiger partial charge in [0.15, 0.2) is 0 Å². The highest BCUT2D eigenvalue weighted by Crippen LogP contribution is 2.68. The van der Waals surface area contributed by atoms with Crippen LogP contribution in [0.2, 0.25) is 0 Å². The Morgan fingerprint density at radius 1 is 1.05 bits per heavy atom. The van der Waals surface area contributed by atoms with Crippen molar-refractivity contribution in [2.24, 2.45) is 28.6 Å². The number of carbonyl (C=O) groups excluding carboxylic acids is 1. The highest BCUT2D eigenvalue weighted by Gasteiger charge is 2.68. The maximum atomic E-state index is 16.1. The Morgan fingerprint density at radius 3 is 2.59 bits per heavy atom. The number of aliphatic hydroxyl groups is 1. The molecule has 124 valence electrons. The number of hydrogen-bond donors (Lipinski definition) is 1. The van der Waals surface area contributed by atoms with Gasteiger partial charge < -0.3 is 5.11 Å². The minimum absolute atomic E-state index is 0.0641. The van der Waals surface area contributed by atoms with E-state index in [-0.39, 0.29) is 23.2 Å². The first-order valence-corrected chi connectivity index (χ1v) is 9.21. The van der Waals surface area contributed by atoms with Crippen molar-refractivity contribution in [1.82, 2.24) is 0 Å². The van der Waals surface area contributed by atoms with Crippen molar-refractivity contribution < 1.29 is 14.3 Å². The van der Waals surface area contributed by atoms with Gasteiger partial charge in [0.05, 0.1) is 11.5 Å². The van der Waals surface area contributed by atoms with Crippen molar-refractivity contribution in [2.45, 2.75) is 83.4 Å². The molecular weight excluding hydrogens is 279 g/mol. The summed E-state index contributed by atoms with van der Waals surface area (Å²) < 4.78 is 16.1. The Kier molecular flexibility index (Phi) is 3.13. The molecule has 1 N–H and O–H groups in total. The molecule has 4 aliphatic rings.